The Kier molecular flexibility index (Phi) is 1.98. The number of anilines is 1. The summed E-state index contributed by atoms with van der Waals surface area (Å²) in [4.78, 5) is 29.2. The molecule has 0 aromatic heterocycles. The molecule has 7 nitrogen and oxygen atoms in total. The third-order valence-corrected chi connectivity index (χ3v) is 9.39. The van der Waals surface area contributed by atoms with Crippen molar-refractivity contribution in [2.75, 3.05) is 18.7 Å². The topological polar surface area (TPSA) is 88.1 Å². The lowest BCUT2D eigenvalue weighted by molar-refractivity contribution is -0.191. The van der Waals surface area contributed by atoms with E-state index in [1.165, 1.54) is 0 Å². The number of hydrogen-bond donors (Lipinski definition) is 2. The standard InChI is InChI=1S/C21H20N2O5/c24-15-12-16(25)23-7-1-4-18-5-6-20(19(15,26)8-18)21(12,17(18)23)10-2-3-11-14(13(10)22-20)28-9-27-11/h2-3,12,17,22,26H,1,4-9H2. The first kappa shape index (κ1) is 14.7. The molecule has 9 rings (SSSR count). The number of ketones is 1. The van der Waals surface area contributed by atoms with E-state index < -0.39 is 22.5 Å². The molecule has 4 aliphatic carbocycles. The number of carbonyl (C=O) groups excluding carboxylic acids is 2. The molecule has 0 radical (unpaired) electrons. The van der Waals surface area contributed by atoms with Gasteiger partial charge in [0.2, 0.25) is 12.7 Å². The van der Waals surface area contributed by atoms with Crippen LogP contribution in [0, 0.1) is 11.3 Å². The van der Waals surface area contributed by atoms with Gasteiger partial charge in [-0.2, -0.15) is 0 Å². The zero-order valence-electron chi connectivity index (χ0n) is 15.3. The molecular formula is C21H20N2O5. The van der Waals surface area contributed by atoms with E-state index in [2.05, 4.69) is 5.32 Å². The van der Waals surface area contributed by atoms with Gasteiger partial charge in [0.25, 0.3) is 0 Å². The van der Waals surface area contributed by atoms with Crippen LogP contribution in [-0.4, -0.2) is 52.2 Å². The van der Waals surface area contributed by atoms with Crippen molar-refractivity contribution in [3.8, 4) is 11.5 Å². The number of nitrogens with one attached hydrogen (secondary N) is 1. The molecule has 4 bridgehead atoms. The fraction of sp³-hybridized carbons (Fsp3) is 0.619. The van der Waals surface area contributed by atoms with Crippen LogP contribution in [0.2, 0.25) is 0 Å². The number of carbonyl (C=O) groups is 2. The Bertz CT molecular complexity index is 1060. The molecule has 4 aliphatic heterocycles. The predicted molar refractivity (Wildman–Crippen MR) is 95.1 cm³/mol. The zero-order chi connectivity index (χ0) is 18.7. The summed E-state index contributed by atoms with van der Waals surface area (Å²) < 4.78 is 11.3. The second-order valence-electron chi connectivity index (χ2n) is 9.86. The molecule has 4 saturated carbocycles. The van der Waals surface area contributed by atoms with Crippen molar-refractivity contribution >= 4 is 17.4 Å². The summed E-state index contributed by atoms with van der Waals surface area (Å²) in [6, 6.07) is 3.88. The monoisotopic (exact) mass is 380 g/mol. The Morgan fingerprint density at radius 3 is 2.96 bits per heavy atom. The third-order valence-electron chi connectivity index (χ3n) is 9.39. The summed E-state index contributed by atoms with van der Waals surface area (Å²) in [5.74, 6) is 0.207. The Hall–Kier alpha value is -2.28. The highest BCUT2D eigenvalue weighted by molar-refractivity contribution is 6.16. The first-order valence-electron chi connectivity index (χ1n) is 10.3. The van der Waals surface area contributed by atoms with Crippen LogP contribution in [0.3, 0.4) is 0 Å². The van der Waals surface area contributed by atoms with Crippen molar-refractivity contribution in [3.63, 3.8) is 0 Å². The normalized spacial score (nSPS) is 50.1. The Morgan fingerprint density at radius 1 is 1.18 bits per heavy atom. The molecule has 6 unspecified atom stereocenters. The van der Waals surface area contributed by atoms with Crippen LogP contribution in [0.4, 0.5) is 5.69 Å². The van der Waals surface area contributed by atoms with Crippen molar-refractivity contribution < 1.29 is 24.2 Å². The molecule has 8 aliphatic rings. The molecule has 4 heterocycles. The minimum absolute atomic E-state index is 0.0270. The summed E-state index contributed by atoms with van der Waals surface area (Å²) in [6.45, 7) is 0.879. The lowest BCUT2D eigenvalue weighted by Crippen LogP contribution is -2.80. The van der Waals surface area contributed by atoms with Crippen LogP contribution in [0.1, 0.15) is 37.7 Å². The summed E-state index contributed by atoms with van der Waals surface area (Å²) >= 11 is 0. The van der Waals surface area contributed by atoms with E-state index in [9.17, 15) is 14.7 Å². The van der Waals surface area contributed by atoms with Gasteiger partial charge in [-0.25, -0.2) is 0 Å². The number of amides is 1. The van der Waals surface area contributed by atoms with E-state index in [1.807, 2.05) is 17.0 Å². The van der Waals surface area contributed by atoms with Gasteiger partial charge in [-0.05, 0) is 49.1 Å². The number of rotatable bonds is 0. The molecular weight excluding hydrogens is 360 g/mol. The maximum atomic E-state index is 13.6. The van der Waals surface area contributed by atoms with E-state index in [0.717, 1.165) is 30.5 Å². The smallest absolute Gasteiger partial charge is 0.234 e. The third kappa shape index (κ3) is 1.02. The van der Waals surface area contributed by atoms with Gasteiger partial charge in [-0.1, -0.05) is 6.07 Å². The minimum atomic E-state index is -1.50. The number of aliphatic hydroxyl groups is 1. The SMILES string of the molecule is O=C1C2C(=O)C3(O)CC45CCCN1C4C21c2ccc4c(c2NC31CC5)OCO4. The van der Waals surface area contributed by atoms with Crippen LogP contribution < -0.4 is 14.8 Å². The summed E-state index contributed by atoms with van der Waals surface area (Å²) in [6.07, 6.45) is 4.02. The van der Waals surface area contributed by atoms with Gasteiger partial charge < -0.3 is 24.8 Å². The number of hydrogen-bond acceptors (Lipinski definition) is 6. The largest absolute Gasteiger partial charge is 0.454 e. The molecule has 28 heavy (non-hydrogen) atoms. The van der Waals surface area contributed by atoms with Gasteiger partial charge in [0.05, 0.1) is 22.7 Å². The van der Waals surface area contributed by atoms with E-state index in [-0.39, 0.29) is 29.9 Å². The lowest BCUT2D eigenvalue weighted by Gasteiger charge is -2.68. The highest BCUT2D eigenvalue weighted by Crippen LogP contribution is 2.81. The van der Waals surface area contributed by atoms with Crippen molar-refractivity contribution in [2.45, 2.75) is 54.7 Å². The number of ether oxygens (including phenoxy) is 2. The quantitative estimate of drug-likeness (QED) is 0.652. The Labute approximate surface area is 161 Å². The van der Waals surface area contributed by atoms with E-state index in [0.29, 0.717) is 30.9 Å². The minimum Gasteiger partial charge on any atom is -0.454 e. The number of Topliss-reactive ketones (excluding diaryl/α,β-unsaturated/α-hetero) is 1. The van der Waals surface area contributed by atoms with Crippen LogP contribution in [0.25, 0.3) is 0 Å². The van der Waals surface area contributed by atoms with Crippen LogP contribution in [0.5, 0.6) is 11.5 Å². The molecule has 6 fully saturated rings. The number of benzene rings is 1. The van der Waals surface area contributed by atoms with Crippen molar-refractivity contribution in [3.05, 3.63) is 17.7 Å². The lowest BCUT2D eigenvalue weighted by atomic mass is 9.40. The molecule has 1 aromatic rings. The van der Waals surface area contributed by atoms with Gasteiger partial charge in [-0.15, -0.1) is 0 Å². The summed E-state index contributed by atoms with van der Waals surface area (Å²) in [5, 5.41) is 15.6. The van der Waals surface area contributed by atoms with E-state index in [4.69, 9.17) is 9.47 Å². The van der Waals surface area contributed by atoms with Crippen LogP contribution in [-0.2, 0) is 15.0 Å². The molecule has 7 heteroatoms. The average molecular weight is 380 g/mol. The Balaban J connectivity index is 1.54. The van der Waals surface area contributed by atoms with Crippen molar-refractivity contribution in [1.82, 2.24) is 4.90 Å². The van der Waals surface area contributed by atoms with Gasteiger partial charge in [0.15, 0.2) is 17.3 Å². The number of piperidine rings is 1. The van der Waals surface area contributed by atoms with Gasteiger partial charge in [-0.3, -0.25) is 9.59 Å². The first-order valence-corrected chi connectivity index (χ1v) is 10.3. The summed E-state index contributed by atoms with van der Waals surface area (Å²) in [5.41, 5.74) is -1.42. The molecule has 3 spiro atoms. The van der Waals surface area contributed by atoms with Gasteiger partial charge in [0.1, 0.15) is 11.5 Å². The van der Waals surface area contributed by atoms with Crippen molar-refractivity contribution in [2.24, 2.45) is 11.3 Å². The predicted octanol–water partition coefficient (Wildman–Crippen LogP) is 0.936. The zero-order valence-corrected chi connectivity index (χ0v) is 15.3. The molecule has 1 aromatic carbocycles. The molecule has 144 valence electrons. The first-order chi connectivity index (χ1) is 13.5. The van der Waals surface area contributed by atoms with Gasteiger partial charge >= 0.3 is 0 Å². The second kappa shape index (κ2) is 3.77. The molecule has 2 N–H and O–H groups in total. The molecule has 2 saturated heterocycles. The van der Waals surface area contributed by atoms with E-state index in [1.54, 1.807) is 0 Å². The van der Waals surface area contributed by atoms with Gasteiger partial charge in [0, 0.05) is 6.54 Å². The fourth-order valence-corrected chi connectivity index (χ4v) is 8.86. The number of fused-ring (bicyclic) bond motifs is 4. The second-order valence-corrected chi connectivity index (χ2v) is 9.86. The fourth-order valence-electron chi connectivity index (χ4n) is 8.86. The van der Waals surface area contributed by atoms with Crippen molar-refractivity contribution in [1.29, 1.82) is 0 Å². The number of nitrogens with zero attached hydrogens (tertiary/aromatic N) is 1. The van der Waals surface area contributed by atoms with Crippen LogP contribution in [0.15, 0.2) is 12.1 Å². The maximum absolute atomic E-state index is 13.6. The molecule has 6 atom stereocenters. The summed E-state index contributed by atoms with van der Waals surface area (Å²) in [7, 11) is 0. The molecule has 1 amide bonds. The highest BCUT2D eigenvalue weighted by atomic mass is 16.7. The Morgan fingerprint density at radius 2 is 2.07 bits per heavy atom. The highest BCUT2D eigenvalue weighted by Gasteiger charge is 2.93. The van der Waals surface area contributed by atoms with Crippen LogP contribution >= 0.6 is 0 Å². The average Bonchev–Trinajstić information content (AvgIpc) is 3.36. The van der Waals surface area contributed by atoms with E-state index >= 15 is 0 Å². The maximum Gasteiger partial charge on any atom is 0.234 e.